The number of anilines is 1. The van der Waals surface area contributed by atoms with Crippen molar-refractivity contribution in [1.82, 2.24) is 0 Å². The summed E-state index contributed by atoms with van der Waals surface area (Å²) in [4.78, 5) is 0. The predicted molar refractivity (Wildman–Crippen MR) is 72.5 cm³/mol. The van der Waals surface area contributed by atoms with E-state index in [1.54, 1.807) is 0 Å². The van der Waals surface area contributed by atoms with E-state index in [0.29, 0.717) is 11.6 Å². The van der Waals surface area contributed by atoms with Crippen LogP contribution in [-0.2, 0) is 0 Å². The first-order valence-electron chi connectivity index (χ1n) is 5.49. The van der Waals surface area contributed by atoms with Gasteiger partial charge in [-0.05, 0) is 42.8 Å². The topological polar surface area (TPSA) is 35.2 Å². The largest absolute Gasteiger partial charge is 0.494 e. The van der Waals surface area contributed by atoms with Gasteiger partial charge in [0.2, 0.25) is 0 Å². The van der Waals surface area contributed by atoms with Crippen LogP contribution < -0.4 is 10.5 Å². The number of nitrogen functional groups attached to an aromatic ring is 1. The van der Waals surface area contributed by atoms with Gasteiger partial charge < -0.3 is 10.5 Å². The van der Waals surface area contributed by atoms with Gasteiger partial charge in [0.05, 0.1) is 6.61 Å². The van der Waals surface area contributed by atoms with E-state index in [1.165, 1.54) is 0 Å². The van der Waals surface area contributed by atoms with Crippen molar-refractivity contribution in [3.8, 4) is 16.9 Å². The van der Waals surface area contributed by atoms with Crippen molar-refractivity contribution >= 4 is 17.3 Å². The maximum absolute atomic E-state index is 5.97. The third-order valence-corrected chi connectivity index (χ3v) is 2.74. The Kier molecular flexibility index (Phi) is 3.55. The first kappa shape index (κ1) is 11.8. The molecule has 0 saturated carbocycles. The number of rotatable bonds is 3. The summed E-state index contributed by atoms with van der Waals surface area (Å²) in [7, 11) is 0. The van der Waals surface area contributed by atoms with Crippen LogP contribution in [0.5, 0.6) is 5.75 Å². The number of ether oxygens (including phenoxy) is 1. The monoisotopic (exact) mass is 247 g/mol. The van der Waals surface area contributed by atoms with Crippen molar-refractivity contribution in [3.63, 3.8) is 0 Å². The molecule has 0 fully saturated rings. The summed E-state index contributed by atoms with van der Waals surface area (Å²) in [6, 6.07) is 13.3. The van der Waals surface area contributed by atoms with Crippen molar-refractivity contribution in [2.75, 3.05) is 12.3 Å². The molecule has 0 bridgehead atoms. The third kappa shape index (κ3) is 2.71. The summed E-state index contributed by atoms with van der Waals surface area (Å²) in [5.74, 6) is 0.826. The van der Waals surface area contributed by atoms with E-state index in [1.807, 2.05) is 49.4 Å². The van der Waals surface area contributed by atoms with Crippen LogP contribution in [-0.4, -0.2) is 6.61 Å². The van der Waals surface area contributed by atoms with Crippen LogP contribution in [0.3, 0.4) is 0 Å². The fourth-order valence-electron chi connectivity index (χ4n) is 1.67. The molecule has 0 aliphatic heterocycles. The molecule has 2 aromatic rings. The van der Waals surface area contributed by atoms with Crippen LogP contribution in [0.25, 0.3) is 11.1 Å². The molecular weight excluding hydrogens is 234 g/mol. The van der Waals surface area contributed by atoms with Gasteiger partial charge in [-0.1, -0.05) is 23.7 Å². The van der Waals surface area contributed by atoms with E-state index in [0.717, 1.165) is 22.6 Å². The van der Waals surface area contributed by atoms with Crippen LogP contribution in [0.4, 0.5) is 5.69 Å². The summed E-state index contributed by atoms with van der Waals surface area (Å²) in [5.41, 5.74) is 8.70. The minimum atomic E-state index is 0.643. The zero-order chi connectivity index (χ0) is 12.3. The average molecular weight is 248 g/mol. The summed E-state index contributed by atoms with van der Waals surface area (Å²) in [6.45, 7) is 2.60. The molecule has 17 heavy (non-hydrogen) atoms. The van der Waals surface area contributed by atoms with E-state index < -0.39 is 0 Å². The van der Waals surface area contributed by atoms with Gasteiger partial charge in [0, 0.05) is 16.3 Å². The molecule has 0 unspecified atom stereocenters. The Balaban J connectivity index is 2.42. The second-order valence-electron chi connectivity index (χ2n) is 3.69. The first-order valence-corrected chi connectivity index (χ1v) is 5.86. The fourth-order valence-corrected chi connectivity index (χ4v) is 1.80. The van der Waals surface area contributed by atoms with Gasteiger partial charge in [-0.3, -0.25) is 0 Å². The van der Waals surface area contributed by atoms with Gasteiger partial charge >= 0.3 is 0 Å². The smallest absolute Gasteiger partial charge is 0.120 e. The molecule has 0 heterocycles. The Bertz CT molecular complexity index is 508. The molecule has 0 atom stereocenters. The van der Waals surface area contributed by atoms with Gasteiger partial charge in [0.25, 0.3) is 0 Å². The van der Waals surface area contributed by atoms with Crippen LogP contribution in [0.1, 0.15) is 6.92 Å². The van der Waals surface area contributed by atoms with Crippen molar-refractivity contribution in [1.29, 1.82) is 0 Å². The standard InChI is InChI=1S/C14H14ClNO/c1-2-17-12-7-8-14(16)13(9-12)10-3-5-11(15)6-4-10/h3-9H,2,16H2,1H3. The van der Waals surface area contributed by atoms with Gasteiger partial charge in [0.1, 0.15) is 5.75 Å². The summed E-state index contributed by atoms with van der Waals surface area (Å²) >= 11 is 5.86. The number of benzene rings is 2. The molecule has 0 radical (unpaired) electrons. The predicted octanol–water partition coefficient (Wildman–Crippen LogP) is 3.99. The maximum atomic E-state index is 5.97. The Morgan fingerprint density at radius 3 is 2.47 bits per heavy atom. The highest BCUT2D eigenvalue weighted by Gasteiger charge is 2.04. The van der Waals surface area contributed by atoms with E-state index in [2.05, 4.69) is 0 Å². The number of hydrogen-bond acceptors (Lipinski definition) is 2. The molecule has 0 aliphatic rings. The van der Waals surface area contributed by atoms with E-state index >= 15 is 0 Å². The van der Waals surface area contributed by atoms with E-state index in [4.69, 9.17) is 22.1 Å². The molecule has 0 aliphatic carbocycles. The molecule has 3 heteroatoms. The number of halogens is 1. The lowest BCUT2D eigenvalue weighted by molar-refractivity contribution is 0.340. The molecule has 2 rings (SSSR count). The maximum Gasteiger partial charge on any atom is 0.120 e. The molecule has 2 nitrogen and oxygen atoms in total. The molecule has 0 saturated heterocycles. The zero-order valence-electron chi connectivity index (χ0n) is 9.61. The normalized spacial score (nSPS) is 10.2. The van der Waals surface area contributed by atoms with Crippen molar-refractivity contribution < 1.29 is 4.74 Å². The molecule has 88 valence electrons. The lowest BCUT2D eigenvalue weighted by Gasteiger charge is -2.09. The number of hydrogen-bond donors (Lipinski definition) is 1. The first-order chi connectivity index (χ1) is 8.20. The minimum Gasteiger partial charge on any atom is -0.494 e. The second-order valence-corrected chi connectivity index (χ2v) is 4.13. The molecule has 2 N–H and O–H groups in total. The van der Waals surface area contributed by atoms with Gasteiger partial charge in [-0.2, -0.15) is 0 Å². The molecule has 2 aromatic carbocycles. The summed E-state index contributed by atoms with van der Waals surface area (Å²) in [5, 5.41) is 0.716. The average Bonchev–Trinajstić information content (AvgIpc) is 2.33. The SMILES string of the molecule is CCOc1ccc(N)c(-c2ccc(Cl)cc2)c1. The minimum absolute atomic E-state index is 0.643. The fraction of sp³-hybridized carbons (Fsp3) is 0.143. The van der Waals surface area contributed by atoms with Crippen LogP contribution in [0, 0.1) is 0 Å². The Labute approximate surface area is 106 Å². The van der Waals surface area contributed by atoms with Crippen molar-refractivity contribution in [2.24, 2.45) is 0 Å². The van der Waals surface area contributed by atoms with Gasteiger partial charge in [-0.15, -0.1) is 0 Å². The zero-order valence-corrected chi connectivity index (χ0v) is 10.4. The van der Waals surface area contributed by atoms with Crippen molar-refractivity contribution in [2.45, 2.75) is 6.92 Å². The second kappa shape index (κ2) is 5.11. The Morgan fingerprint density at radius 2 is 1.82 bits per heavy atom. The Hall–Kier alpha value is -1.67. The van der Waals surface area contributed by atoms with Crippen molar-refractivity contribution in [3.05, 3.63) is 47.5 Å². The van der Waals surface area contributed by atoms with E-state index in [9.17, 15) is 0 Å². The quantitative estimate of drug-likeness (QED) is 0.833. The Morgan fingerprint density at radius 1 is 1.12 bits per heavy atom. The van der Waals surface area contributed by atoms with Gasteiger partial charge in [0.15, 0.2) is 0 Å². The molecular formula is C14H14ClNO. The highest BCUT2D eigenvalue weighted by atomic mass is 35.5. The summed E-state index contributed by atoms with van der Waals surface area (Å²) < 4.78 is 5.47. The third-order valence-electron chi connectivity index (χ3n) is 2.49. The van der Waals surface area contributed by atoms with Crippen LogP contribution in [0.2, 0.25) is 5.02 Å². The lowest BCUT2D eigenvalue weighted by Crippen LogP contribution is -1.94. The van der Waals surface area contributed by atoms with E-state index in [-0.39, 0.29) is 0 Å². The summed E-state index contributed by atoms with van der Waals surface area (Å²) in [6.07, 6.45) is 0. The van der Waals surface area contributed by atoms with Crippen LogP contribution >= 0.6 is 11.6 Å². The van der Waals surface area contributed by atoms with Crippen LogP contribution in [0.15, 0.2) is 42.5 Å². The highest BCUT2D eigenvalue weighted by Crippen LogP contribution is 2.30. The lowest BCUT2D eigenvalue weighted by atomic mass is 10.0. The molecule has 0 aromatic heterocycles. The number of nitrogens with two attached hydrogens (primary N) is 1. The van der Waals surface area contributed by atoms with Gasteiger partial charge in [-0.25, -0.2) is 0 Å². The highest BCUT2D eigenvalue weighted by molar-refractivity contribution is 6.30. The molecule has 0 spiro atoms. The molecule has 0 amide bonds.